The van der Waals surface area contributed by atoms with Crippen LogP contribution in [0.1, 0.15) is 11.1 Å². The molecule has 0 spiro atoms. The van der Waals surface area contributed by atoms with Gasteiger partial charge in [0.25, 0.3) is 0 Å². The number of rotatable bonds is 4. The van der Waals surface area contributed by atoms with Gasteiger partial charge in [-0.05, 0) is 23.6 Å². The van der Waals surface area contributed by atoms with E-state index >= 15 is 0 Å². The number of para-hydroxylation sites is 1. The Bertz CT molecular complexity index is 729. The lowest BCUT2D eigenvalue weighted by molar-refractivity contribution is 0.464. The van der Waals surface area contributed by atoms with Crippen LogP contribution in [0.25, 0.3) is 0 Å². The molecule has 0 saturated heterocycles. The lowest BCUT2D eigenvalue weighted by Gasteiger charge is -2.26. The first-order valence-electron chi connectivity index (χ1n) is 6.95. The van der Waals surface area contributed by atoms with Crippen molar-refractivity contribution < 1.29 is 8.42 Å². The number of fused-ring (bicyclic) bond motifs is 1. The van der Waals surface area contributed by atoms with Crippen molar-refractivity contribution in [1.29, 1.82) is 0 Å². The molecule has 0 bridgehead atoms. The maximum Gasteiger partial charge on any atom is 0.304 e. The maximum atomic E-state index is 12.8. The van der Waals surface area contributed by atoms with Crippen LogP contribution in [-0.2, 0) is 23.2 Å². The molecule has 4 nitrogen and oxygen atoms in total. The highest BCUT2D eigenvalue weighted by atomic mass is 32.2. The van der Waals surface area contributed by atoms with Crippen molar-refractivity contribution in [2.75, 3.05) is 17.9 Å². The molecule has 0 saturated carbocycles. The minimum absolute atomic E-state index is 0.377. The van der Waals surface area contributed by atoms with Crippen molar-refractivity contribution in [3.63, 3.8) is 0 Å². The molecule has 3 rings (SSSR count). The summed E-state index contributed by atoms with van der Waals surface area (Å²) in [5.74, 6) is 0. The van der Waals surface area contributed by atoms with E-state index in [1.54, 1.807) is 7.05 Å². The van der Waals surface area contributed by atoms with Gasteiger partial charge in [-0.1, -0.05) is 48.5 Å². The highest BCUT2D eigenvalue weighted by Gasteiger charge is 2.32. The molecule has 0 radical (unpaired) electrons. The van der Waals surface area contributed by atoms with E-state index in [1.807, 2.05) is 54.6 Å². The molecule has 0 atom stereocenters. The zero-order valence-corrected chi connectivity index (χ0v) is 12.8. The summed E-state index contributed by atoms with van der Waals surface area (Å²) in [6.07, 6.45) is 0.772. The van der Waals surface area contributed by atoms with Gasteiger partial charge >= 0.3 is 10.2 Å². The molecule has 0 aromatic heterocycles. The predicted octanol–water partition coefficient (Wildman–Crippen LogP) is 2.43. The van der Waals surface area contributed by atoms with Crippen LogP contribution >= 0.6 is 0 Å². The van der Waals surface area contributed by atoms with Crippen LogP contribution in [0.5, 0.6) is 0 Å². The smallest absolute Gasteiger partial charge is 0.257 e. The summed E-state index contributed by atoms with van der Waals surface area (Å²) in [5.41, 5.74) is 2.88. The fourth-order valence-corrected chi connectivity index (χ4v) is 4.04. The first-order valence-corrected chi connectivity index (χ1v) is 8.34. The van der Waals surface area contributed by atoms with Crippen LogP contribution in [0.15, 0.2) is 54.6 Å². The Morgan fingerprint density at radius 1 is 1.05 bits per heavy atom. The number of benzene rings is 2. The van der Waals surface area contributed by atoms with E-state index in [2.05, 4.69) is 0 Å². The van der Waals surface area contributed by atoms with Gasteiger partial charge in [0, 0.05) is 20.1 Å². The molecule has 2 aromatic carbocycles. The van der Waals surface area contributed by atoms with E-state index in [0.717, 1.165) is 23.2 Å². The Morgan fingerprint density at radius 3 is 2.48 bits per heavy atom. The largest absolute Gasteiger partial charge is 0.304 e. The van der Waals surface area contributed by atoms with Crippen molar-refractivity contribution in [2.45, 2.75) is 13.0 Å². The van der Waals surface area contributed by atoms with E-state index in [4.69, 9.17) is 0 Å². The van der Waals surface area contributed by atoms with Gasteiger partial charge in [0.15, 0.2) is 0 Å². The van der Waals surface area contributed by atoms with Gasteiger partial charge in [0.05, 0.1) is 5.69 Å². The third kappa shape index (κ3) is 2.66. The Kier molecular flexibility index (Phi) is 3.69. The second kappa shape index (κ2) is 5.50. The second-order valence-electron chi connectivity index (χ2n) is 5.20. The molecule has 110 valence electrons. The maximum absolute atomic E-state index is 12.8. The summed E-state index contributed by atoms with van der Waals surface area (Å²) in [5, 5.41) is 0. The topological polar surface area (TPSA) is 40.6 Å². The Hall–Kier alpha value is -1.85. The Balaban J connectivity index is 1.84. The van der Waals surface area contributed by atoms with Crippen molar-refractivity contribution in [2.24, 2.45) is 0 Å². The third-order valence-corrected chi connectivity index (χ3v) is 5.62. The highest BCUT2D eigenvalue weighted by Crippen LogP contribution is 2.31. The van der Waals surface area contributed by atoms with Gasteiger partial charge in [0.1, 0.15) is 0 Å². The van der Waals surface area contributed by atoms with E-state index in [0.29, 0.717) is 13.1 Å². The van der Waals surface area contributed by atoms with Gasteiger partial charge in [0.2, 0.25) is 0 Å². The van der Waals surface area contributed by atoms with E-state index in [9.17, 15) is 8.42 Å². The minimum Gasteiger partial charge on any atom is -0.257 e. The first kappa shape index (κ1) is 14.1. The lowest BCUT2D eigenvalue weighted by atomic mass is 10.2. The van der Waals surface area contributed by atoms with E-state index < -0.39 is 10.2 Å². The zero-order valence-electron chi connectivity index (χ0n) is 11.9. The standard InChI is InChI=1S/C16H18N2O2S/c1-17(13-14-7-3-2-4-8-14)21(19,20)18-12-11-15-9-5-6-10-16(15)18/h2-10H,11-13H2,1H3. The quantitative estimate of drug-likeness (QED) is 0.870. The van der Waals surface area contributed by atoms with Crippen molar-refractivity contribution >= 4 is 15.9 Å². The minimum atomic E-state index is -3.48. The summed E-state index contributed by atoms with van der Waals surface area (Å²) in [6, 6.07) is 17.3. The molecular formula is C16H18N2O2S. The first-order chi connectivity index (χ1) is 10.1. The summed E-state index contributed by atoms with van der Waals surface area (Å²) in [6.45, 7) is 0.892. The normalized spacial score (nSPS) is 14.5. The van der Waals surface area contributed by atoms with Crippen LogP contribution in [0, 0.1) is 0 Å². The molecule has 0 fully saturated rings. The van der Waals surface area contributed by atoms with Crippen LogP contribution in [0.2, 0.25) is 0 Å². The number of hydrogen-bond donors (Lipinski definition) is 0. The van der Waals surface area contributed by atoms with Crippen LogP contribution in [0.4, 0.5) is 5.69 Å². The van der Waals surface area contributed by atoms with Crippen LogP contribution in [-0.4, -0.2) is 26.3 Å². The van der Waals surface area contributed by atoms with Crippen molar-refractivity contribution in [3.8, 4) is 0 Å². The highest BCUT2D eigenvalue weighted by molar-refractivity contribution is 7.90. The number of anilines is 1. The number of nitrogens with zero attached hydrogens (tertiary/aromatic N) is 2. The predicted molar refractivity (Wildman–Crippen MR) is 84.3 cm³/mol. The Labute approximate surface area is 125 Å². The van der Waals surface area contributed by atoms with Crippen molar-refractivity contribution in [1.82, 2.24) is 4.31 Å². The molecule has 1 aliphatic rings. The second-order valence-corrected chi connectivity index (χ2v) is 7.16. The SMILES string of the molecule is CN(Cc1ccccc1)S(=O)(=O)N1CCc2ccccc21. The molecular weight excluding hydrogens is 284 g/mol. The van der Waals surface area contributed by atoms with Gasteiger partial charge < -0.3 is 0 Å². The summed E-state index contributed by atoms with van der Waals surface area (Å²) in [4.78, 5) is 0. The fraction of sp³-hybridized carbons (Fsp3) is 0.250. The molecule has 21 heavy (non-hydrogen) atoms. The molecule has 0 N–H and O–H groups in total. The van der Waals surface area contributed by atoms with Gasteiger partial charge in [-0.3, -0.25) is 4.31 Å². The molecule has 2 aromatic rings. The number of hydrogen-bond acceptors (Lipinski definition) is 2. The summed E-state index contributed by atoms with van der Waals surface area (Å²) >= 11 is 0. The van der Waals surface area contributed by atoms with Gasteiger partial charge in [-0.15, -0.1) is 0 Å². The molecule has 0 amide bonds. The molecule has 1 heterocycles. The molecule has 0 unspecified atom stereocenters. The van der Waals surface area contributed by atoms with Crippen LogP contribution < -0.4 is 4.31 Å². The van der Waals surface area contributed by atoms with Crippen molar-refractivity contribution in [3.05, 3.63) is 65.7 Å². The average Bonchev–Trinajstić information content (AvgIpc) is 2.93. The van der Waals surface area contributed by atoms with Gasteiger partial charge in [-0.25, -0.2) is 0 Å². The molecule has 1 aliphatic heterocycles. The third-order valence-electron chi connectivity index (χ3n) is 3.76. The van der Waals surface area contributed by atoms with Crippen LogP contribution in [0.3, 0.4) is 0 Å². The monoisotopic (exact) mass is 302 g/mol. The Morgan fingerprint density at radius 2 is 1.71 bits per heavy atom. The van der Waals surface area contributed by atoms with E-state index in [1.165, 1.54) is 8.61 Å². The zero-order chi connectivity index (χ0) is 14.9. The van der Waals surface area contributed by atoms with Gasteiger partial charge in [-0.2, -0.15) is 12.7 Å². The average molecular weight is 302 g/mol. The lowest BCUT2D eigenvalue weighted by Crippen LogP contribution is -2.40. The fourth-order valence-electron chi connectivity index (χ4n) is 2.64. The molecule has 5 heteroatoms. The summed E-state index contributed by atoms with van der Waals surface area (Å²) in [7, 11) is -1.86. The molecule has 0 aliphatic carbocycles. The summed E-state index contributed by atoms with van der Waals surface area (Å²) < 4.78 is 28.4. The van der Waals surface area contributed by atoms with E-state index in [-0.39, 0.29) is 0 Å².